The Kier molecular flexibility index (Phi) is 6.58. The number of benzene rings is 1. The number of nitrogens with one attached hydrogen (secondary N) is 2. The van der Waals surface area contributed by atoms with Gasteiger partial charge in [0.1, 0.15) is 0 Å². The summed E-state index contributed by atoms with van der Waals surface area (Å²) in [6, 6.07) is 3.31. The first kappa shape index (κ1) is 19.0. The third-order valence-corrected chi connectivity index (χ3v) is 4.39. The Bertz CT molecular complexity index is 667. The van der Waals surface area contributed by atoms with Gasteiger partial charge in [0.15, 0.2) is 12.4 Å². The smallest absolute Gasteiger partial charge is 0.321 e. The number of ether oxygens (including phenoxy) is 1. The van der Waals surface area contributed by atoms with Gasteiger partial charge < -0.3 is 10.1 Å². The van der Waals surface area contributed by atoms with Crippen LogP contribution in [0.1, 0.15) is 32.6 Å². The van der Waals surface area contributed by atoms with Crippen LogP contribution in [-0.4, -0.2) is 29.5 Å². The average Bonchev–Trinajstić information content (AvgIpc) is 2.55. The van der Waals surface area contributed by atoms with E-state index in [1.54, 1.807) is 0 Å². The zero-order valence-electron chi connectivity index (χ0n) is 13.8. The summed E-state index contributed by atoms with van der Waals surface area (Å²) in [5.41, 5.74) is -0.346. The van der Waals surface area contributed by atoms with Gasteiger partial charge in [0.05, 0.1) is 4.92 Å². The Hall–Kier alpha value is -2.35. The predicted octanol–water partition coefficient (Wildman–Crippen LogP) is 3.03. The number of hydrogen-bond acceptors (Lipinski definition) is 5. The molecule has 1 fully saturated rings. The minimum atomic E-state index is -0.690. The van der Waals surface area contributed by atoms with Crippen LogP contribution in [0.25, 0.3) is 0 Å². The van der Waals surface area contributed by atoms with Gasteiger partial charge in [-0.25, -0.2) is 4.79 Å². The van der Waals surface area contributed by atoms with Crippen molar-refractivity contribution in [1.29, 1.82) is 0 Å². The summed E-state index contributed by atoms with van der Waals surface area (Å²) in [6.45, 7) is 1.55. The molecule has 1 aliphatic rings. The summed E-state index contributed by atoms with van der Waals surface area (Å²) in [4.78, 5) is 34.0. The van der Waals surface area contributed by atoms with Gasteiger partial charge in [0, 0.05) is 17.1 Å². The average molecular weight is 370 g/mol. The monoisotopic (exact) mass is 369 g/mol. The summed E-state index contributed by atoms with van der Waals surface area (Å²) in [6.07, 6.45) is 4.12. The van der Waals surface area contributed by atoms with Crippen LogP contribution < -0.4 is 15.4 Å². The number of nitro benzene ring substituents is 1. The number of rotatable bonds is 5. The van der Waals surface area contributed by atoms with E-state index in [1.165, 1.54) is 12.1 Å². The van der Waals surface area contributed by atoms with E-state index in [-0.39, 0.29) is 22.5 Å². The molecule has 2 rings (SSSR count). The fourth-order valence-electron chi connectivity index (χ4n) is 2.80. The molecule has 0 aliphatic heterocycles. The van der Waals surface area contributed by atoms with Gasteiger partial charge in [-0.3, -0.25) is 20.2 Å². The van der Waals surface area contributed by atoms with Crippen LogP contribution in [0.2, 0.25) is 5.02 Å². The molecule has 25 heavy (non-hydrogen) atoms. The van der Waals surface area contributed by atoms with Crippen LogP contribution in [-0.2, 0) is 4.79 Å². The van der Waals surface area contributed by atoms with Crippen LogP contribution in [0, 0.1) is 16.0 Å². The Balaban J connectivity index is 1.84. The first-order valence-electron chi connectivity index (χ1n) is 8.04. The predicted molar refractivity (Wildman–Crippen MR) is 91.7 cm³/mol. The zero-order chi connectivity index (χ0) is 18.4. The number of nitro groups is 1. The van der Waals surface area contributed by atoms with Crippen molar-refractivity contribution >= 4 is 29.2 Å². The highest BCUT2D eigenvalue weighted by molar-refractivity contribution is 6.30. The number of imide groups is 1. The molecule has 0 bridgehead atoms. The Morgan fingerprint density at radius 3 is 2.76 bits per heavy atom. The molecule has 8 nitrogen and oxygen atoms in total. The number of carbonyl (C=O) groups is 2. The molecule has 0 heterocycles. The summed E-state index contributed by atoms with van der Waals surface area (Å²) < 4.78 is 5.13. The summed E-state index contributed by atoms with van der Waals surface area (Å²) in [7, 11) is 0. The molecule has 0 radical (unpaired) electrons. The van der Waals surface area contributed by atoms with Crippen molar-refractivity contribution in [3.63, 3.8) is 0 Å². The first-order chi connectivity index (χ1) is 11.9. The number of nitrogens with zero attached hydrogens (tertiary/aromatic N) is 1. The third kappa shape index (κ3) is 5.60. The fraction of sp³-hybridized carbons (Fsp3) is 0.500. The van der Waals surface area contributed by atoms with Gasteiger partial charge in [-0.05, 0) is 30.9 Å². The van der Waals surface area contributed by atoms with Crippen molar-refractivity contribution in [2.75, 3.05) is 6.61 Å². The van der Waals surface area contributed by atoms with Crippen LogP contribution >= 0.6 is 11.6 Å². The lowest BCUT2D eigenvalue weighted by Crippen LogP contribution is -2.48. The topological polar surface area (TPSA) is 111 Å². The number of halogens is 1. The van der Waals surface area contributed by atoms with Gasteiger partial charge in [-0.15, -0.1) is 0 Å². The molecule has 0 spiro atoms. The van der Waals surface area contributed by atoms with E-state index in [1.807, 2.05) is 0 Å². The molecule has 2 N–H and O–H groups in total. The lowest BCUT2D eigenvalue weighted by molar-refractivity contribution is -0.385. The molecular formula is C16H20ClN3O5. The van der Waals surface area contributed by atoms with Gasteiger partial charge in [0.25, 0.3) is 5.91 Å². The molecule has 1 aliphatic carbocycles. The minimum Gasteiger partial charge on any atom is -0.477 e. The summed E-state index contributed by atoms with van der Waals surface area (Å²) >= 11 is 5.70. The van der Waals surface area contributed by atoms with E-state index in [2.05, 4.69) is 17.6 Å². The van der Waals surface area contributed by atoms with E-state index in [4.69, 9.17) is 16.3 Å². The molecule has 3 amide bonds. The Morgan fingerprint density at radius 1 is 1.36 bits per heavy atom. The molecule has 0 aromatic heterocycles. The maximum absolute atomic E-state index is 11.9. The van der Waals surface area contributed by atoms with E-state index >= 15 is 0 Å². The van der Waals surface area contributed by atoms with Crippen LogP contribution in [0.3, 0.4) is 0 Å². The maximum atomic E-state index is 11.9. The van der Waals surface area contributed by atoms with Gasteiger partial charge >= 0.3 is 11.7 Å². The molecule has 2 unspecified atom stereocenters. The minimum absolute atomic E-state index is 0.0415. The second-order valence-electron chi connectivity index (χ2n) is 6.05. The molecule has 9 heteroatoms. The summed E-state index contributed by atoms with van der Waals surface area (Å²) in [5.74, 6) is -0.418. The lowest BCUT2D eigenvalue weighted by atomic mass is 9.86. The van der Waals surface area contributed by atoms with Crippen LogP contribution in [0.5, 0.6) is 5.75 Å². The molecule has 136 valence electrons. The molecule has 0 saturated heterocycles. The standard InChI is InChI=1S/C16H20ClN3O5/c1-10-4-2-3-5-12(10)18-16(22)19-15(21)9-25-14-7-6-11(17)8-13(14)20(23)24/h6-8,10,12H,2-5,9H2,1H3,(H2,18,19,21,22). The van der Waals surface area contributed by atoms with E-state index in [0.29, 0.717) is 5.92 Å². The fourth-order valence-corrected chi connectivity index (χ4v) is 2.96. The lowest BCUT2D eigenvalue weighted by Gasteiger charge is -2.29. The third-order valence-electron chi connectivity index (χ3n) is 4.16. The molecule has 2 atom stereocenters. The number of hydrogen-bond donors (Lipinski definition) is 2. The van der Waals surface area contributed by atoms with Crippen LogP contribution in [0.4, 0.5) is 10.5 Å². The van der Waals surface area contributed by atoms with Crippen LogP contribution in [0.15, 0.2) is 18.2 Å². The number of carbonyl (C=O) groups excluding carboxylic acids is 2. The van der Waals surface area contributed by atoms with Gasteiger partial charge in [0.2, 0.25) is 0 Å². The second kappa shape index (κ2) is 8.66. The van der Waals surface area contributed by atoms with E-state index in [9.17, 15) is 19.7 Å². The SMILES string of the molecule is CC1CCCCC1NC(=O)NC(=O)COc1ccc(Cl)cc1[N+](=O)[O-]. The van der Waals surface area contributed by atoms with Crippen molar-refractivity contribution < 1.29 is 19.2 Å². The van der Waals surface area contributed by atoms with Gasteiger partial charge in [-0.1, -0.05) is 31.4 Å². The van der Waals surface area contributed by atoms with E-state index in [0.717, 1.165) is 31.7 Å². The quantitative estimate of drug-likeness (QED) is 0.612. The Morgan fingerprint density at radius 2 is 2.08 bits per heavy atom. The van der Waals surface area contributed by atoms with Crippen molar-refractivity contribution in [1.82, 2.24) is 10.6 Å². The van der Waals surface area contributed by atoms with E-state index < -0.39 is 23.5 Å². The highest BCUT2D eigenvalue weighted by atomic mass is 35.5. The van der Waals surface area contributed by atoms with Crippen molar-refractivity contribution in [2.24, 2.45) is 5.92 Å². The zero-order valence-corrected chi connectivity index (χ0v) is 14.5. The Labute approximate surface area is 150 Å². The van der Waals surface area contributed by atoms with Gasteiger partial charge in [-0.2, -0.15) is 0 Å². The van der Waals surface area contributed by atoms with Crippen molar-refractivity contribution in [2.45, 2.75) is 38.6 Å². The number of urea groups is 1. The van der Waals surface area contributed by atoms with Crippen molar-refractivity contribution in [3.8, 4) is 5.75 Å². The summed E-state index contributed by atoms with van der Waals surface area (Å²) in [5, 5.41) is 16.1. The second-order valence-corrected chi connectivity index (χ2v) is 6.48. The number of amides is 3. The molecule has 1 aromatic rings. The largest absolute Gasteiger partial charge is 0.477 e. The highest BCUT2D eigenvalue weighted by Crippen LogP contribution is 2.29. The normalized spacial score (nSPS) is 19.8. The highest BCUT2D eigenvalue weighted by Gasteiger charge is 2.23. The molecular weight excluding hydrogens is 350 g/mol. The molecule has 1 saturated carbocycles. The first-order valence-corrected chi connectivity index (χ1v) is 8.41. The maximum Gasteiger partial charge on any atom is 0.321 e. The van der Waals surface area contributed by atoms with Crippen molar-refractivity contribution in [3.05, 3.63) is 33.3 Å². The molecule has 1 aromatic carbocycles.